The van der Waals surface area contributed by atoms with Crippen molar-refractivity contribution in [3.8, 4) is 32.8 Å². The quantitative estimate of drug-likeness (QED) is 0.568. The molecular formula is C20H26O8S2. The molecule has 0 aliphatic carbocycles. The second-order valence-electron chi connectivity index (χ2n) is 6.96. The van der Waals surface area contributed by atoms with Crippen LogP contribution in [0.5, 0.6) is 23.0 Å². The molecule has 0 fully saturated rings. The third-order valence-corrected chi connectivity index (χ3v) is 6.93. The summed E-state index contributed by atoms with van der Waals surface area (Å²) >= 11 is 3.10. The lowest BCUT2D eigenvalue weighted by Crippen LogP contribution is -2.45. The number of hydrogen-bond acceptors (Lipinski definition) is 10. The van der Waals surface area contributed by atoms with Gasteiger partial charge in [0, 0.05) is 39.2 Å². The molecule has 30 heavy (non-hydrogen) atoms. The zero-order valence-electron chi connectivity index (χ0n) is 17.4. The minimum Gasteiger partial charge on any atom is -0.479 e. The Morgan fingerprint density at radius 2 is 0.933 bits per heavy atom. The average molecular weight is 459 g/mol. The topological polar surface area (TPSA) is 73.8 Å². The van der Waals surface area contributed by atoms with Gasteiger partial charge in [0.1, 0.15) is 0 Å². The second-order valence-corrected chi connectivity index (χ2v) is 8.72. The maximum atomic E-state index is 6.30. The maximum absolute atomic E-state index is 6.30. The molecule has 0 saturated carbocycles. The van der Waals surface area contributed by atoms with Crippen molar-refractivity contribution < 1.29 is 37.9 Å². The Hall–Kier alpha value is -1.56. The molecule has 0 radical (unpaired) electrons. The van der Waals surface area contributed by atoms with Crippen LogP contribution in [-0.2, 0) is 18.9 Å². The van der Waals surface area contributed by atoms with Crippen LogP contribution in [0.1, 0.15) is 0 Å². The zero-order valence-corrected chi connectivity index (χ0v) is 19.0. The highest BCUT2D eigenvalue weighted by Crippen LogP contribution is 2.55. The Bertz CT molecular complexity index is 767. The molecule has 4 unspecified atom stereocenters. The van der Waals surface area contributed by atoms with Gasteiger partial charge in [-0.05, 0) is 0 Å². The highest BCUT2D eigenvalue weighted by molar-refractivity contribution is 7.21. The van der Waals surface area contributed by atoms with E-state index in [0.29, 0.717) is 49.4 Å². The average Bonchev–Trinajstić information content (AvgIpc) is 3.32. The summed E-state index contributed by atoms with van der Waals surface area (Å²) in [4.78, 5) is 1.89. The van der Waals surface area contributed by atoms with Gasteiger partial charge in [-0.1, -0.05) is 0 Å². The molecule has 0 aromatic carbocycles. The van der Waals surface area contributed by atoms with E-state index < -0.39 is 0 Å². The van der Waals surface area contributed by atoms with E-state index in [1.165, 1.54) is 0 Å². The Balaban J connectivity index is 1.64. The van der Waals surface area contributed by atoms with Crippen molar-refractivity contribution in [3.63, 3.8) is 0 Å². The fourth-order valence-corrected chi connectivity index (χ4v) is 5.49. The molecule has 0 bridgehead atoms. The maximum Gasteiger partial charge on any atom is 0.181 e. The summed E-state index contributed by atoms with van der Waals surface area (Å²) in [6.07, 6.45) is -1.00. The molecule has 2 aliphatic heterocycles. The number of rotatable bonds is 9. The molecule has 2 aliphatic rings. The first-order valence-electron chi connectivity index (χ1n) is 9.55. The number of methoxy groups -OCH3 is 4. The van der Waals surface area contributed by atoms with Crippen LogP contribution in [0.2, 0.25) is 0 Å². The molecule has 2 aromatic heterocycles. The Morgan fingerprint density at radius 1 is 0.600 bits per heavy atom. The molecule has 4 atom stereocenters. The summed E-state index contributed by atoms with van der Waals surface area (Å²) < 4.78 is 46.1. The molecule has 166 valence electrons. The minimum absolute atomic E-state index is 0.234. The molecule has 0 amide bonds. The number of fused-ring (bicyclic) bond motifs is 2. The molecule has 10 heteroatoms. The fourth-order valence-electron chi connectivity index (χ4n) is 3.52. The van der Waals surface area contributed by atoms with Crippen molar-refractivity contribution in [2.75, 3.05) is 54.9 Å². The predicted octanol–water partition coefficient (Wildman–Crippen LogP) is 3.08. The molecular weight excluding hydrogens is 432 g/mol. The summed E-state index contributed by atoms with van der Waals surface area (Å²) in [5.74, 6) is 2.80. The van der Waals surface area contributed by atoms with Gasteiger partial charge in [0.25, 0.3) is 0 Å². The van der Waals surface area contributed by atoms with Crippen LogP contribution < -0.4 is 18.9 Å². The molecule has 0 saturated heterocycles. The van der Waals surface area contributed by atoms with Crippen molar-refractivity contribution in [1.82, 2.24) is 0 Å². The van der Waals surface area contributed by atoms with Crippen LogP contribution in [-0.4, -0.2) is 79.3 Å². The Labute approximate surface area is 183 Å². The normalized spacial score (nSPS) is 24.8. The van der Waals surface area contributed by atoms with Crippen molar-refractivity contribution >= 4 is 22.7 Å². The van der Waals surface area contributed by atoms with Gasteiger partial charge in [-0.2, -0.15) is 0 Å². The lowest BCUT2D eigenvalue weighted by atomic mass is 10.1. The number of ether oxygens (including phenoxy) is 8. The predicted molar refractivity (Wildman–Crippen MR) is 113 cm³/mol. The summed E-state index contributed by atoms with van der Waals surface area (Å²) in [6.45, 7) is 1.65. The van der Waals surface area contributed by atoms with E-state index in [-0.39, 0.29) is 24.4 Å². The van der Waals surface area contributed by atoms with Crippen LogP contribution in [0, 0.1) is 0 Å². The van der Waals surface area contributed by atoms with E-state index in [0.717, 1.165) is 9.75 Å². The van der Waals surface area contributed by atoms with Gasteiger partial charge >= 0.3 is 0 Å². The van der Waals surface area contributed by atoms with E-state index in [4.69, 9.17) is 37.9 Å². The molecule has 8 nitrogen and oxygen atoms in total. The van der Waals surface area contributed by atoms with Crippen molar-refractivity contribution in [2.24, 2.45) is 0 Å². The third-order valence-electron chi connectivity index (χ3n) is 4.88. The molecule has 0 N–H and O–H groups in total. The van der Waals surface area contributed by atoms with Crippen molar-refractivity contribution in [2.45, 2.75) is 24.4 Å². The number of hydrogen-bond donors (Lipinski definition) is 0. The summed E-state index contributed by atoms with van der Waals surface area (Å²) in [5.41, 5.74) is 0. The standard InChI is InChI=1S/C20H26O8S2/c1-21-5-11-13(7-23-3)27-17-15(25-11)9-29-19(17)20-18-16(10-30-20)26-12(6-22-2)14(28-18)8-24-4/h9-14H,5-8H2,1-4H3. The van der Waals surface area contributed by atoms with Gasteiger partial charge in [-0.3, -0.25) is 0 Å². The monoisotopic (exact) mass is 458 g/mol. The summed E-state index contributed by atoms with van der Waals surface area (Å²) in [6, 6.07) is 0. The van der Waals surface area contributed by atoms with Crippen LogP contribution in [0.25, 0.3) is 9.75 Å². The molecule has 2 aromatic rings. The number of thiophene rings is 2. The SMILES string of the molecule is COCC1Oc2csc(-c3scc4c3OC(COC)C(COC)O4)c2OC1COC. The van der Waals surface area contributed by atoms with Crippen molar-refractivity contribution in [3.05, 3.63) is 10.8 Å². The van der Waals surface area contributed by atoms with Crippen molar-refractivity contribution in [1.29, 1.82) is 0 Å². The van der Waals surface area contributed by atoms with E-state index in [9.17, 15) is 0 Å². The van der Waals surface area contributed by atoms with Crippen LogP contribution in [0.4, 0.5) is 0 Å². The lowest BCUT2D eigenvalue weighted by Gasteiger charge is -2.33. The van der Waals surface area contributed by atoms with Gasteiger partial charge in [0.05, 0.1) is 36.2 Å². The smallest absolute Gasteiger partial charge is 0.181 e. The van der Waals surface area contributed by atoms with Crippen LogP contribution in [0.15, 0.2) is 10.8 Å². The van der Waals surface area contributed by atoms with E-state index in [2.05, 4.69) is 0 Å². The minimum atomic E-state index is -0.268. The molecule has 0 spiro atoms. The van der Waals surface area contributed by atoms with Gasteiger partial charge in [0.2, 0.25) is 0 Å². The van der Waals surface area contributed by atoms with Gasteiger partial charge in [0.15, 0.2) is 47.4 Å². The van der Waals surface area contributed by atoms with Gasteiger partial charge in [-0.15, -0.1) is 22.7 Å². The largest absolute Gasteiger partial charge is 0.479 e. The Morgan fingerprint density at radius 3 is 1.27 bits per heavy atom. The first kappa shape index (κ1) is 21.7. The first-order chi connectivity index (χ1) is 14.7. The third kappa shape index (κ3) is 4.12. The van der Waals surface area contributed by atoms with Gasteiger partial charge < -0.3 is 37.9 Å². The Kier molecular flexibility index (Phi) is 7.01. The summed E-state index contributed by atoms with van der Waals surface area (Å²) in [7, 11) is 6.57. The molecule has 4 rings (SSSR count). The van der Waals surface area contributed by atoms with E-state index >= 15 is 0 Å². The highest BCUT2D eigenvalue weighted by Gasteiger charge is 2.38. The second kappa shape index (κ2) is 9.71. The van der Waals surface area contributed by atoms with Gasteiger partial charge in [-0.25, -0.2) is 0 Å². The van der Waals surface area contributed by atoms with E-state index in [1.54, 1.807) is 51.1 Å². The highest BCUT2D eigenvalue weighted by atomic mass is 32.1. The lowest BCUT2D eigenvalue weighted by molar-refractivity contribution is -0.0514. The summed E-state index contributed by atoms with van der Waals surface area (Å²) in [5, 5.41) is 3.90. The molecule has 4 heterocycles. The van der Waals surface area contributed by atoms with Crippen LogP contribution in [0.3, 0.4) is 0 Å². The van der Waals surface area contributed by atoms with E-state index in [1.807, 2.05) is 10.8 Å². The van der Waals surface area contributed by atoms with Crippen LogP contribution >= 0.6 is 22.7 Å². The fraction of sp³-hybridized carbons (Fsp3) is 0.600. The zero-order chi connectivity index (χ0) is 21.1. The first-order valence-corrected chi connectivity index (χ1v) is 11.3.